The zero-order valence-electron chi connectivity index (χ0n) is 16.3. The molecular formula is C24H14BrFN2O3S. The van der Waals surface area contributed by atoms with E-state index in [0.717, 1.165) is 9.17 Å². The first-order valence-corrected chi connectivity index (χ1v) is 11.2. The number of hydrogen-bond acceptors (Lipinski definition) is 5. The molecule has 3 aromatic carbocycles. The minimum atomic E-state index is -0.945. The summed E-state index contributed by atoms with van der Waals surface area (Å²) in [6.07, 6.45) is 0. The van der Waals surface area contributed by atoms with Crippen LogP contribution in [-0.4, -0.2) is 21.8 Å². The van der Waals surface area contributed by atoms with Gasteiger partial charge in [0.15, 0.2) is 5.13 Å². The zero-order chi connectivity index (χ0) is 22.4. The number of aromatic nitrogens is 1. The smallest absolute Gasteiger partial charge is 0.301 e. The molecule has 0 bridgehead atoms. The average Bonchev–Trinajstić information content (AvgIpc) is 3.32. The molecule has 0 unspecified atom stereocenters. The van der Waals surface area contributed by atoms with Crippen LogP contribution in [0.4, 0.5) is 9.52 Å². The monoisotopic (exact) mass is 508 g/mol. The van der Waals surface area contributed by atoms with Crippen molar-refractivity contribution in [3.05, 3.63) is 99.8 Å². The van der Waals surface area contributed by atoms with Gasteiger partial charge in [-0.2, -0.15) is 0 Å². The van der Waals surface area contributed by atoms with Gasteiger partial charge < -0.3 is 5.11 Å². The van der Waals surface area contributed by atoms with Crippen LogP contribution < -0.4 is 4.90 Å². The number of Topliss-reactive ketones (excluding diaryl/α,β-unsaturated/α-hetero) is 1. The van der Waals surface area contributed by atoms with Gasteiger partial charge in [0.2, 0.25) is 0 Å². The van der Waals surface area contributed by atoms with Crippen molar-refractivity contribution >= 4 is 60.1 Å². The maximum absolute atomic E-state index is 13.6. The third kappa shape index (κ3) is 3.41. The van der Waals surface area contributed by atoms with Crippen molar-refractivity contribution in [2.45, 2.75) is 6.04 Å². The molecule has 1 fully saturated rings. The Morgan fingerprint density at radius 3 is 2.47 bits per heavy atom. The molecule has 1 aliphatic rings. The lowest BCUT2D eigenvalue weighted by Crippen LogP contribution is -2.29. The van der Waals surface area contributed by atoms with Gasteiger partial charge in [0, 0.05) is 10.0 Å². The Morgan fingerprint density at radius 2 is 1.75 bits per heavy atom. The Morgan fingerprint density at radius 1 is 1.03 bits per heavy atom. The van der Waals surface area contributed by atoms with Crippen molar-refractivity contribution < 1.29 is 19.1 Å². The molecule has 5 nitrogen and oxygen atoms in total. The summed E-state index contributed by atoms with van der Waals surface area (Å²) in [6.45, 7) is 0. The van der Waals surface area contributed by atoms with E-state index in [9.17, 15) is 19.1 Å². The highest BCUT2D eigenvalue weighted by atomic mass is 79.9. The molecule has 0 radical (unpaired) electrons. The van der Waals surface area contributed by atoms with E-state index in [1.165, 1.54) is 40.5 Å². The SMILES string of the molecule is O=C1C(=O)N(c2nc3ccc(Br)cc3s2)[C@H](c2ccc(F)cc2)/C1=C(\O)c1ccccc1. The number of hydrogen-bond donors (Lipinski definition) is 1. The predicted molar refractivity (Wildman–Crippen MR) is 125 cm³/mol. The fourth-order valence-corrected chi connectivity index (χ4v) is 5.28. The van der Waals surface area contributed by atoms with E-state index < -0.39 is 23.5 Å². The number of carbonyl (C=O) groups excluding carboxylic acids is 2. The topological polar surface area (TPSA) is 70.5 Å². The van der Waals surface area contributed by atoms with Crippen molar-refractivity contribution in [1.82, 2.24) is 4.98 Å². The molecule has 1 amide bonds. The Balaban J connectivity index is 1.73. The zero-order valence-corrected chi connectivity index (χ0v) is 18.7. The van der Waals surface area contributed by atoms with E-state index in [0.29, 0.717) is 21.8 Å². The second kappa shape index (κ2) is 7.96. The van der Waals surface area contributed by atoms with Crippen molar-refractivity contribution in [2.24, 2.45) is 0 Å². The summed E-state index contributed by atoms with van der Waals surface area (Å²) in [5.74, 6) is -2.35. The largest absolute Gasteiger partial charge is 0.507 e. The first-order chi connectivity index (χ1) is 15.4. The molecule has 32 heavy (non-hydrogen) atoms. The number of benzene rings is 3. The molecule has 1 atom stereocenters. The molecule has 8 heteroatoms. The van der Waals surface area contributed by atoms with Crippen molar-refractivity contribution in [2.75, 3.05) is 4.90 Å². The summed E-state index contributed by atoms with van der Waals surface area (Å²) >= 11 is 4.68. The molecule has 0 saturated carbocycles. The molecule has 0 aliphatic carbocycles. The number of nitrogens with zero attached hydrogens (tertiary/aromatic N) is 2. The molecular weight excluding hydrogens is 495 g/mol. The van der Waals surface area contributed by atoms with E-state index in [2.05, 4.69) is 20.9 Å². The predicted octanol–water partition coefficient (Wildman–Crippen LogP) is 5.82. The third-order valence-corrected chi connectivity index (χ3v) is 6.73. The van der Waals surface area contributed by atoms with E-state index in [1.54, 1.807) is 30.3 Å². The minimum Gasteiger partial charge on any atom is -0.507 e. The molecule has 1 N–H and O–H groups in total. The van der Waals surface area contributed by atoms with Crippen LogP contribution in [0.1, 0.15) is 17.2 Å². The number of halogens is 2. The van der Waals surface area contributed by atoms with Crippen LogP contribution in [-0.2, 0) is 9.59 Å². The van der Waals surface area contributed by atoms with Gasteiger partial charge in [-0.1, -0.05) is 69.7 Å². The number of ketones is 1. The number of carbonyl (C=O) groups is 2. The lowest BCUT2D eigenvalue weighted by molar-refractivity contribution is -0.132. The minimum absolute atomic E-state index is 0.0618. The Hall–Kier alpha value is -3.36. The van der Waals surface area contributed by atoms with Gasteiger partial charge in [-0.25, -0.2) is 9.37 Å². The molecule has 5 rings (SSSR count). The normalized spacial score (nSPS) is 17.9. The van der Waals surface area contributed by atoms with Gasteiger partial charge >= 0.3 is 5.91 Å². The van der Waals surface area contributed by atoms with Gasteiger partial charge in [0.05, 0.1) is 21.8 Å². The molecule has 4 aromatic rings. The Bertz CT molecular complexity index is 1400. The van der Waals surface area contributed by atoms with E-state index >= 15 is 0 Å². The summed E-state index contributed by atoms with van der Waals surface area (Å²) in [4.78, 5) is 32.1. The first-order valence-electron chi connectivity index (χ1n) is 9.62. The van der Waals surface area contributed by atoms with Crippen LogP contribution in [0.2, 0.25) is 0 Å². The lowest BCUT2D eigenvalue weighted by atomic mass is 9.95. The van der Waals surface area contributed by atoms with Crippen LogP contribution in [0.3, 0.4) is 0 Å². The van der Waals surface area contributed by atoms with Gasteiger partial charge in [-0.05, 0) is 35.9 Å². The Kier molecular flexibility index (Phi) is 5.11. The molecule has 1 aromatic heterocycles. The number of aliphatic hydroxyl groups excluding tert-OH is 1. The molecule has 1 aliphatic heterocycles. The fourth-order valence-electron chi connectivity index (χ4n) is 3.73. The summed E-state index contributed by atoms with van der Waals surface area (Å²) in [7, 11) is 0. The van der Waals surface area contributed by atoms with Crippen molar-refractivity contribution in [3.63, 3.8) is 0 Å². The number of anilines is 1. The van der Waals surface area contributed by atoms with E-state index in [4.69, 9.17) is 0 Å². The summed E-state index contributed by atoms with van der Waals surface area (Å²) < 4.78 is 15.3. The first kappa shape index (κ1) is 20.5. The van der Waals surface area contributed by atoms with Gasteiger partial charge in [-0.15, -0.1) is 0 Å². The maximum Gasteiger partial charge on any atom is 0.301 e. The maximum atomic E-state index is 13.6. The quantitative estimate of drug-likeness (QED) is 0.215. The average molecular weight is 509 g/mol. The molecule has 2 heterocycles. The second-order valence-electron chi connectivity index (χ2n) is 7.20. The molecule has 158 valence electrons. The van der Waals surface area contributed by atoms with E-state index in [-0.39, 0.29) is 11.3 Å². The van der Waals surface area contributed by atoms with Crippen LogP contribution in [0.15, 0.2) is 82.8 Å². The number of aliphatic hydroxyl groups is 1. The van der Waals surface area contributed by atoms with Gasteiger partial charge in [-0.3, -0.25) is 14.5 Å². The van der Waals surface area contributed by atoms with E-state index in [1.807, 2.05) is 18.2 Å². The van der Waals surface area contributed by atoms with Crippen LogP contribution in [0, 0.1) is 5.82 Å². The highest BCUT2D eigenvalue weighted by Gasteiger charge is 2.48. The number of thiazole rings is 1. The fraction of sp³-hybridized carbons (Fsp3) is 0.0417. The number of amides is 1. The summed E-state index contributed by atoms with van der Waals surface area (Å²) in [5, 5.41) is 11.3. The Labute approximate surface area is 194 Å². The highest BCUT2D eigenvalue weighted by molar-refractivity contribution is 9.10. The van der Waals surface area contributed by atoms with Crippen LogP contribution in [0.5, 0.6) is 0 Å². The van der Waals surface area contributed by atoms with Crippen molar-refractivity contribution in [3.8, 4) is 0 Å². The molecule has 0 spiro atoms. The third-order valence-electron chi connectivity index (χ3n) is 5.22. The van der Waals surface area contributed by atoms with Gasteiger partial charge in [0.1, 0.15) is 11.6 Å². The highest BCUT2D eigenvalue weighted by Crippen LogP contribution is 2.44. The second-order valence-corrected chi connectivity index (χ2v) is 9.12. The number of fused-ring (bicyclic) bond motifs is 1. The van der Waals surface area contributed by atoms with Crippen molar-refractivity contribution in [1.29, 1.82) is 0 Å². The van der Waals surface area contributed by atoms with Crippen LogP contribution in [0.25, 0.3) is 16.0 Å². The number of rotatable bonds is 3. The van der Waals surface area contributed by atoms with Gasteiger partial charge in [0.25, 0.3) is 5.78 Å². The lowest BCUT2D eigenvalue weighted by Gasteiger charge is -2.22. The molecule has 1 saturated heterocycles. The summed E-state index contributed by atoms with van der Waals surface area (Å²) in [5.41, 5.74) is 1.51. The van der Waals surface area contributed by atoms with Crippen LogP contribution >= 0.6 is 27.3 Å². The standard InChI is InChI=1S/C24H14BrFN2O3S/c25-15-8-11-17-18(12-15)32-24(27-17)28-20(13-6-9-16(26)10-7-13)19(22(30)23(28)31)21(29)14-4-2-1-3-5-14/h1-12,20,29H/b21-19+/t20-/m1/s1. The summed E-state index contributed by atoms with van der Waals surface area (Å²) in [6, 6.07) is 18.6.